The van der Waals surface area contributed by atoms with Gasteiger partial charge in [-0.25, -0.2) is 8.42 Å². The predicted octanol–water partition coefficient (Wildman–Crippen LogP) is 1.09. The van der Waals surface area contributed by atoms with Crippen LogP contribution >= 0.6 is 0 Å². The molecule has 5 heteroatoms. The number of hydrogen-bond acceptors (Lipinski definition) is 4. The van der Waals surface area contributed by atoms with Gasteiger partial charge in [-0.2, -0.15) is 0 Å². The van der Waals surface area contributed by atoms with Gasteiger partial charge in [-0.05, 0) is 31.4 Å². The third kappa shape index (κ3) is 3.26. The third-order valence-corrected chi connectivity index (χ3v) is 4.10. The molecule has 17 heavy (non-hydrogen) atoms. The summed E-state index contributed by atoms with van der Waals surface area (Å²) < 4.78 is 22.4. The highest BCUT2D eigenvalue weighted by atomic mass is 32.2. The molecule has 0 amide bonds. The summed E-state index contributed by atoms with van der Waals surface area (Å²) in [6, 6.07) is 4.19. The summed E-state index contributed by atoms with van der Waals surface area (Å²) in [7, 11) is -2.93. The van der Waals surface area contributed by atoms with Crippen molar-refractivity contribution in [2.75, 3.05) is 12.0 Å². The molecule has 0 bridgehead atoms. The molecule has 1 aromatic rings. The molecule has 0 radical (unpaired) electrons. The smallest absolute Gasteiger partial charge is 0.148 e. The van der Waals surface area contributed by atoms with Crippen molar-refractivity contribution in [3.05, 3.63) is 29.6 Å². The van der Waals surface area contributed by atoms with Crippen LogP contribution in [-0.2, 0) is 16.3 Å². The second-order valence-electron chi connectivity index (χ2n) is 4.80. The van der Waals surface area contributed by atoms with Crippen molar-refractivity contribution in [2.45, 2.75) is 31.8 Å². The Morgan fingerprint density at radius 3 is 3.06 bits per heavy atom. The lowest BCUT2D eigenvalue weighted by molar-refractivity contribution is 0.466. The molecule has 0 saturated heterocycles. The first kappa shape index (κ1) is 12.5. The molecule has 1 N–H and O–H groups in total. The summed E-state index contributed by atoms with van der Waals surface area (Å²) in [6.07, 6.45) is 5.08. The van der Waals surface area contributed by atoms with Gasteiger partial charge in [0.2, 0.25) is 0 Å². The molecule has 94 valence electrons. The van der Waals surface area contributed by atoms with Gasteiger partial charge in [0.05, 0.1) is 17.5 Å². The molecule has 0 spiro atoms. The summed E-state index contributed by atoms with van der Waals surface area (Å²) in [6.45, 7) is 1.90. The zero-order chi connectivity index (χ0) is 12.5. The number of nitrogens with zero attached hydrogens (tertiary/aromatic N) is 1. The minimum Gasteiger partial charge on any atom is -0.305 e. The third-order valence-electron chi connectivity index (χ3n) is 3.00. The number of aromatic nitrogens is 1. The minimum absolute atomic E-state index is 0.0389. The van der Waals surface area contributed by atoms with Gasteiger partial charge in [0.25, 0.3) is 0 Å². The number of aryl methyl sites for hydroxylation is 1. The van der Waals surface area contributed by atoms with Gasteiger partial charge < -0.3 is 5.32 Å². The molecule has 0 fully saturated rings. The van der Waals surface area contributed by atoms with E-state index in [1.807, 2.05) is 13.0 Å². The summed E-state index contributed by atoms with van der Waals surface area (Å²) in [4.78, 5) is 4.38. The largest absolute Gasteiger partial charge is 0.305 e. The monoisotopic (exact) mass is 254 g/mol. The van der Waals surface area contributed by atoms with Gasteiger partial charge in [0.1, 0.15) is 9.84 Å². The van der Waals surface area contributed by atoms with E-state index < -0.39 is 9.84 Å². The van der Waals surface area contributed by atoms with Crippen molar-refractivity contribution in [1.29, 1.82) is 0 Å². The average Bonchev–Trinajstić information content (AvgIpc) is 2.59. The van der Waals surface area contributed by atoms with Crippen molar-refractivity contribution in [3.63, 3.8) is 0 Å². The molecule has 0 saturated carbocycles. The molecule has 1 heterocycles. The Hall–Kier alpha value is -0.940. The SMILES string of the molecule is CC(CS(C)(=O)=O)NC1CCc2cccnc21. The maximum Gasteiger partial charge on any atom is 0.148 e. The van der Waals surface area contributed by atoms with Gasteiger partial charge >= 0.3 is 0 Å². The molecule has 1 aliphatic rings. The highest BCUT2D eigenvalue weighted by molar-refractivity contribution is 7.90. The van der Waals surface area contributed by atoms with Crippen LogP contribution in [-0.4, -0.2) is 31.5 Å². The fraction of sp³-hybridized carbons (Fsp3) is 0.583. The lowest BCUT2D eigenvalue weighted by atomic mass is 10.2. The van der Waals surface area contributed by atoms with Gasteiger partial charge in [-0.3, -0.25) is 4.98 Å². The summed E-state index contributed by atoms with van der Waals surface area (Å²) in [5, 5.41) is 3.35. The zero-order valence-corrected chi connectivity index (χ0v) is 11.0. The Morgan fingerprint density at radius 1 is 1.59 bits per heavy atom. The van der Waals surface area contributed by atoms with E-state index in [-0.39, 0.29) is 17.8 Å². The van der Waals surface area contributed by atoms with Gasteiger partial charge in [0, 0.05) is 18.5 Å². The molecule has 1 aromatic heterocycles. The number of nitrogens with one attached hydrogen (secondary N) is 1. The van der Waals surface area contributed by atoms with E-state index in [0.29, 0.717) is 0 Å². The number of rotatable bonds is 4. The highest BCUT2D eigenvalue weighted by Crippen LogP contribution is 2.29. The van der Waals surface area contributed by atoms with Crippen LogP contribution in [0.3, 0.4) is 0 Å². The van der Waals surface area contributed by atoms with Crippen molar-refractivity contribution in [2.24, 2.45) is 0 Å². The van der Waals surface area contributed by atoms with Crippen molar-refractivity contribution in [1.82, 2.24) is 10.3 Å². The maximum atomic E-state index is 11.2. The Kier molecular flexibility index (Phi) is 3.49. The molecule has 2 rings (SSSR count). The first-order valence-corrected chi connectivity index (χ1v) is 7.89. The fourth-order valence-corrected chi connectivity index (χ4v) is 3.42. The Balaban J connectivity index is 2.02. The van der Waals surface area contributed by atoms with E-state index in [1.165, 1.54) is 11.8 Å². The van der Waals surface area contributed by atoms with Gasteiger partial charge in [-0.1, -0.05) is 6.07 Å². The minimum atomic E-state index is -2.93. The Bertz CT molecular complexity index is 499. The van der Waals surface area contributed by atoms with E-state index in [9.17, 15) is 8.42 Å². The maximum absolute atomic E-state index is 11.2. The van der Waals surface area contributed by atoms with Crippen LogP contribution in [0.4, 0.5) is 0 Å². The second-order valence-corrected chi connectivity index (χ2v) is 6.98. The molecule has 1 aliphatic carbocycles. The molecule has 0 aromatic carbocycles. The van der Waals surface area contributed by atoms with Crippen LogP contribution in [0.1, 0.15) is 30.6 Å². The van der Waals surface area contributed by atoms with Crippen molar-refractivity contribution in [3.8, 4) is 0 Å². The zero-order valence-electron chi connectivity index (χ0n) is 10.2. The Labute approximate surface area is 102 Å². The second kappa shape index (κ2) is 4.74. The van der Waals surface area contributed by atoms with E-state index in [1.54, 1.807) is 6.20 Å². The predicted molar refractivity (Wildman–Crippen MR) is 67.6 cm³/mol. The molecular weight excluding hydrogens is 236 g/mol. The first-order valence-electron chi connectivity index (χ1n) is 5.83. The summed E-state index contributed by atoms with van der Waals surface area (Å²) in [5.74, 6) is 0.172. The summed E-state index contributed by atoms with van der Waals surface area (Å²) >= 11 is 0. The van der Waals surface area contributed by atoms with Crippen LogP contribution in [0.25, 0.3) is 0 Å². The lowest BCUT2D eigenvalue weighted by Gasteiger charge is -2.18. The number of hydrogen-bond donors (Lipinski definition) is 1. The first-order chi connectivity index (χ1) is 7.96. The summed E-state index contributed by atoms with van der Waals surface area (Å²) in [5.41, 5.74) is 2.35. The number of fused-ring (bicyclic) bond motifs is 1. The highest BCUT2D eigenvalue weighted by Gasteiger charge is 2.25. The molecular formula is C12H18N2O2S. The normalized spacial score (nSPS) is 21.2. The van der Waals surface area contributed by atoms with E-state index in [4.69, 9.17) is 0 Å². The molecule has 0 aliphatic heterocycles. The molecule has 4 nitrogen and oxygen atoms in total. The van der Waals surface area contributed by atoms with Crippen molar-refractivity contribution >= 4 is 9.84 Å². The van der Waals surface area contributed by atoms with E-state index >= 15 is 0 Å². The van der Waals surface area contributed by atoms with Crippen LogP contribution in [0.15, 0.2) is 18.3 Å². The fourth-order valence-electron chi connectivity index (χ4n) is 2.42. The quantitative estimate of drug-likeness (QED) is 0.874. The van der Waals surface area contributed by atoms with E-state index in [2.05, 4.69) is 16.4 Å². The Morgan fingerprint density at radius 2 is 2.35 bits per heavy atom. The molecule has 2 atom stereocenters. The van der Waals surface area contributed by atoms with Crippen LogP contribution in [0.5, 0.6) is 0 Å². The van der Waals surface area contributed by atoms with Gasteiger partial charge in [0.15, 0.2) is 0 Å². The van der Waals surface area contributed by atoms with E-state index in [0.717, 1.165) is 18.5 Å². The topological polar surface area (TPSA) is 59.1 Å². The van der Waals surface area contributed by atoms with Gasteiger partial charge in [-0.15, -0.1) is 0 Å². The molecule has 2 unspecified atom stereocenters. The van der Waals surface area contributed by atoms with Crippen LogP contribution < -0.4 is 5.32 Å². The standard InChI is InChI=1S/C12H18N2O2S/c1-9(8-17(2,15)16)14-11-6-5-10-4-3-7-13-12(10)11/h3-4,7,9,11,14H,5-6,8H2,1-2H3. The number of sulfone groups is 1. The lowest BCUT2D eigenvalue weighted by Crippen LogP contribution is -2.35. The van der Waals surface area contributed by atoms with Crippen LogP contribution in [0.2, 0.25) is 0 Å². The van der Waals surface area contributed by atoms with Crippen molar-refractivity contribution < 1.29 is 8.42 Å². The van der Waals surface area contributed by atoms with Crippen LogP contribution in [0, 0.1) is 0 Å². The number of pyridine rings is 1. The average molecular weight is 254 g/mol.